The minimum atomic E-state index is -1.17. The number of carboxylic acids is 1. The minimum Gasteiger partial charge on any atom is -0.480 e. The molecule has 0 aliphatic heterocycles. The maximum atomic E-state index is 11.8. The molecular weight excluding hydrogens is 242 g/mol. The highest BCUT2D eigenvalue weighted by Gasteiger charge is 2.24. The Morgan fingerprint density at radius 1 is 1.41 bits per heavy atom. The lowest BCUT2D eigenvalue weighted by Gasteiger charge is -2.14. The van der Waals surface area contributed by atoms with Gasteiger partial charge in [0, 0.05) is 23.5 Å². The molecule has 0 aromatic rings. The van der Waals surface area contributed by atoms with Gasteiger partial charge in [-0.05, 0) is 18.8 Å². The highest BCUT2D eigenvalue weighted by molar-refractivity contribution is 7.85. The second-order valence-corrected chi connectivity index (χ2v) is 6.06. The Balaban J connectivity index is 2.40. The Labute approximate surface area is 103 Å². The van der Waals surface area contributed by atoms with E-state index in [9.17, 15) is 13.8 Å². The molecule has 0 bridgehead atoms. The van der Waals surface area contributed by atoms with E-state index in [0.717, 1.165) is 12.8 Å². The molecular formula is C11H19NO4S. The molecule has 0 saturated heterocycles. The van der Waals surface area contributed by atoms with Crippen LogP contribution in [0.15, 0.2) is 0 Å². The van der Waals surface area contributed by atoms with Crippen molar-refractivity contribution in [2.75, 3.05) is 11.5 Å². The molecule has 98 valence electrons. The summed E-state index contributed by atoms with van der Waals surface area (Å²) in [7, 11) is -1.17. The number of aliphatic carboxylic acids is 1. The first-order valence-corrected chi connectivity index (χ1v) is 7.32. The van der Waals surface area contributed by atoms with Crippen LogP contribution < -0.4 is 5.32 Å². The number of hydrogen-bond donors (Lipinski definition) is 2. The van der Waals surface area contributed by atoms with Crippen LogP contribution in [0, 0.1) is 5.92 Å². The monoisotopic (exact) mass is 261 g/mol. The van der Waals surface area contributed by atoms with E-state index in [-0.39, 0.29) is 5.75 Å². The van der Waals surface area contributed by atoms with Gasteiger partial charge in [-0.1, -0.05) is 12.8 Å². The quantitative estimate of drug-likeness (QED) is 0.730. The van der Waals surface area contributed by atoms with E-state index in [2.05, 4.69) is 5.32 Å². The summed E-state index contributed by atoms with van der Waals surface area (Å²) in [6.07, 6.45) is 4.53. The fraction of sp³-hybridized carbons (Fsp3) is 0.818. The van der Waals surface area contributed by atoms with Crippen molar-refractivity contribution in [1.82, 2.24) is 5.32 Å². The summed E-state index contributed by atoms with van der Waals surface area (Å²) < 4.78 is 11.8. The van der Waals surface area contributed by atoms with Gasteiger partial charge in [0.1, 0.15) is 6.04 Å². The maximum absolute atomic E-state index is 11.8. The van der Waals surface area contributed by atoms with Crippen LogP contribution in [0.4, 0.5) is 0 Å². The Kier molecular flexibility index (Phi) is 5.61. The smallest absolute Gasteiger partial charge is 0.327 e. The largest absolute Gasteiger partial charge is 0.480 e. The standard InChI is InChI=1S/C11H19NO4S/c1-8(13)12-10(11(14)15)7-17(16)6-9-4-2-3-5-9/h9-10H,2-7H2,1H3,(H,12,13)(H,14,15). The first kappa shape index (κ1) is 14.2. The Bertz CT molecular complexity index is 313. The minimum absolute atomic E-state index is 0.00537. The lowest BCUT2D eigenvalue weighted by atomic mass is 10.1. The van der Waals surface area contributed by atoms with E-state index < -0.39 is 28.7 Å². The fourth-order valence-corrected chi connectivity index (χ4v) is 3.71. The van der Waals surface area contributed by atoms with Gasteiger partial charge in [-0.25, -0.2) is 4.79 Å². The average Bonchev–Trinajstić information content (AvgIpc) is 2.68. The van der Waals surface area contributed by atoms with Crippen molar-refractivity contribution in [3.8, 4) is 0 Å². The van der Waals surface area contributed by atoms with Crippen molar-refractivity contribution in [2.24, 2.45) is 5.92 Å². The van der Waals surface area contributed by atoms with Gasteiger partial charge >= 0.3 is 5.97 Å². The topological polar surface area (TPSA) is 83.5 Å². The molecule has 1 saturated carbocycles. The van der Waals surface area contributed by atoms with Crippen molar-refractivity contribution < 1.29 is 18.9 Å². The molecule has 1 fully saturated rings. The van der Waals surface area contributed by atoms with Crippen LogP contribution in [0.5, 0.6) is 0 Å². The first-order valence-electron chi connectivity index (χ1n) is 5.84. The molecule has 17 heavy (non-hydrogen) atoms. The second kappa shape index (κ2) is 6.74. The van der Waals surface area contributed by atoms with Crippen LogP contribution in [-0.4, -0.2) is 38.7 Å². The molecule has 0 heterocycles. The number of nitrogens with one attached hydrogen (secondary N) is 1. The first-order chi connectivity index (χ1) is 7.99. The molecule has 6 heteroatoms. The van der Waals surface area contributed by atoms with Crippen molar-refractivity contribution in [2.45, 2.75) is 38.6 Å². The third-order valence-electron chi connectivity index (χ3n) is 2.92. The molecule has 1 aliphatic carbocycles. The second-order valence-electron chi connectivity index (χ2n) is 4.51. The third kappa shape index (κ3) is 5.30. The van der Waals surface area contributed by atoms with E-state index >= 15 is 0 Å². The Morgan fingerprint density at radius 3 is 2.47 bits per heavy atom. The summed E-state index contributed by atoms with van der Waals surface area (Å²) in [5.41, 5.74) is 0. The highest BCUT2D eigenvalue weighted by Crippen LogP contribution is 2.25. The zero-order chi connectivity index (χ0) is 12.8. The molecule has 2 unspecified atom stereocenters. The molecule has 0 radical (unpaired) electrons. The van der Waals surface area contributed by atoms with Crippen LogP contribution in [0.3, 0.4) is 0 Å². The fourth-order valence-electron chi connectivity index (χ4n) is 2.11. The van der Waals surface area contributed by atoms with Gasteiger partial charge in [-0.15, -0.1) is 0 Å². The number of carbonyl (C=O) groups is 2. The van der Waals surface area contributed by atoms with Gasteiger partial charge < -0.3 is 10.4 Å². The molecule has 0 aromatic carbocycles. The zero-order valence-corrected chi connectivity index (χ0v) is 10.8. The van der Waals surface area contributed by atoms with Gasteiger partial charge in [0.25, 0.3) is 0 Å². The average molecular weight is 261 g/mol. The zero-order valence-electron chi connectivity index (χ0n) is 9.98. The molecule has 1 rings (SSSR count). The van der Waals surface area contributed by atoms with Crippen molar-refractivity contribution in [3.63, 3.8) is 0 Å². The Morgan fingerprint density at radius 2 is 2.00 bits per heavy atom. The summed E-state index contributed by atoms with van der Waals surface area (Å²) in [6.45, 7) is 1.26. The lowest BCUT2D eigenvalue weighted by Crippen LogP contribution is -2.43. The summed E-state index contributed by atoms with van der Waals surface area (Å²) >= 11 is 0. The van der Waals surface area contributed by atoms with E-state index in [4.69, 9.17) is 5.11 Å². The van der Waals surface area contributed by atoms with E-state index in [0.29, 0.717) is 11.7 Å². The molecule has 2 N–H and O–H groups in total. The molecule has 1 amide bonds. The molecule has 0 aromatic heterocycles. The number of hydrogen-bond acceptors (Lipinski definition) is 3. The number of carbonyl (C=O) groups excluding carboxylic acids is 1. The lowest BCUT2D eigenvalue weighted by molar-refractivity contribution is -0.140. The summed E-state index contributed by atoms with van der Waals surface area (Å²) in [5.74, 6) is -0.507. The number of rotatable bonds is 6. The number of carboxylic acid groups (broad SMARTS) is 1. The van der Waals surface area contributed by atoms with Crippen LogP contribution in [0.1, 0.15) is 32.6 Å². The summed E-state index contributed by atoms with van der Waals surface area (Å²) in [4.78, 5) is 21.7. The van der Waals surface area contributed by atoms with Gasteiger partial charge in [0.15, 0.2) is 0 Å². The van der Waals surface area contributed by atoms with Gasteiger partial charge in [-0.3, -0.25) is 9.00 Å². The predicted octanol–water partition coefficient (Wildman–Crippen LogP) is 0.515. The van der Waals surface area contributed by atoms with Crippen molar-refractivity contribution in [1.29, 1.82) is 0 Å². The van der Waals surface area contributed by atoms with E-state index in [1.54, 1.807) is 0 Å². The molecule has 0 spiro atoms. The van der Waals surface area contributed by atoms with Crippen molar-refractivity contribution in [3.05, 3.63) is 0 Å². The third-order valence-corrected chi connectivity index (χ3v) is 4.47. The molecule has 1 aliphatic rings. The normalized spacial score (nSPS) is 19.8. The predicted molar refractivity (Wildman–Crippen MR) is 65.1 cm³/mol. The SMILES string of the molecule is CC(=O)NC(CS(=O)CC1CCCC1)C(=O)O. The number of amides is 1. The molecule has 5 nitrogen and oxygen atoms in total. The van der Waals surface area contributed by atoms with E-state index in [1.165, 1.54) is 19.8 Å². The van der Waals surface area contributed by atoms with Gasteiger partial charge in [0.05, 0.1) is 5.75 Å². The highest BCUT2D eigenvalue weighted by atomic mass is 32.2. The summed E-state index contributed by atoms with van der Waals surface area (Å²) in [6, 6.07) is -1.03. The van der Waals surface area contributed by atoms with Crippen LogP contribution in [0.25, 0.3) is 0 Å². The van der Waals surface area contributed by atoms with Crippen LogP contribution in [0.2, 0.25) is 0 Å². The summed E-state index contributed by atoms with van der Waals surface area (Å²) in [5, 5.41) is 11.2. The molecule has 2 atom stereocenters. The van der Waals surface area contributed by atoms with Gasteiger partial charge in [0.2, 0.25) is 5.91 Å². The van der Waals surface area contributed by atoms with E-state index in [1.807, 2.05) is 0 Å². The van der Waals surface area contributed by atoms with Crippen LogP contribution >= 0.6 is 0 Å². The van der Waals surface area contributed by atoms with Crippen molar-refractivity contribution >= 4 is 22.7 Å². The van der Waals surface area contributed by atoms with Crippen LogP contribution in [-0.2, 0) is 20.4 Å². The van der Waals surface area contributed by atoms with Gasteiger partial charge in [-0.2, -0.15) is 0 Å². The Hall–Kier alpha value is -0.910. The maximum Gasteiger partial charge on any atom is 0.327 e.